The molecule has 4 nitrogen and oxygen atoms in total. The van der Waals surface area contributed by atoms with Gasteiger partial charge >= 0.3 is 0 Å². The van der Waals surface area contributed by atoms with Crippen LogP contribution < -0.4 is 9.47 Å². The zero-order chi connectivity index (χ0) is 13.8. The van der Waals surface area contributed by atoms with Crippen molar-refractivity contribution in [1.82, 2.24) is 4.90 Å². The van der Waals surface area contributed by atoms with Crippen molar-refractivity contribution in [3.05, 3.63) is 23.8 Å². The number of ether oxygens (including phenoxy) is 2. The van der Waals surface area contributed by atoms with Crippen LogP contribution in [0, 0.1) is 0 Å². The standard InChI is InChI=1S/C14H19NO3S/c1-10-8-19-9-14(16)15(10)7-11-4-5-12(17-2)6-13(11)18-3/h4-6,10H,7-9H2,1-3H3. The number of rotatable bonds is 4. The number of hydrogen-bond donors (Lipinski definition) is 0. The average Bonchev–Trinajstić information content (AvgIpc) is 2.43. The summed E-state index contributed by atoms with van der Waals surface area (Å²) in [5.41, 5.74) is 1.01. The van der Waals surface area contributed by atoms with Crippen molar-refractivity contribution in [3.63, 3.8) is 0 Å². The largest absolute Gasteiger partial charge is 0.497 e. The van der Waals surface area contributed by atoms with Crippen molar-refractivity contribution in [2.24, 2.45) is 0 Å². The van der Waals surface area contributed by atoms with Gasteiger partial charge in [0.25, 0.3) is 0 Å². The Morgan fingerprint density at radius 3 is 2.79 bits per heavy atom. The van der Waals surface area contributed by atoms with Crippen molar-refractivity contribution in [2.75, 3.05) is 25.7 Å². The summed E-state index contributed by atoms with van der Waals surface area (Å²) in [4.78, 5) is 13.9. The van der Waals surface area contributed by atoms with E-state index in [-0.39, 0.29) is 11.9 Å². The van der Waals surface area contributed by atoms with Crippen LogP contribution in [-0.2, 0) is 11.3 Å². The summed E-state index contributed by atoms with van der Waals surface area (Å²) in [6.45, 7) is 2.67. The van der Waals surface area contributed by atoms with Crippen molar-refractivity contribution in [1.29, 1.82) is 0 Å². The van der Waals surface area contributed by atoms with Crippen LogP contribution in [0.1, 0.15) is 12.5 Å². The Bertz CT molecular complexity index is 464. The van der Waals surface area contributed by atoms with Gasteiger partial charge in [-0.2, -0.15) is 0 Å². The molecule has 1 unspecified atom stereocenters. The predicted molar refractivity (Wildman–Crippen MR) is 76.9 cm³/mol. The van der Waals surface area contributed by atoms with Gasteiger partial charge in [0, 0.05) is 30.0 Å². The molecular formula is C14H19NO3S. The van der Waals surface area contributed by atoms with Crippen LogP contribution in [0.25, 0.3) is 0 Å². The van der Waals surface area contributed by atoms with Crippen molar-refractivity contribution >= 4 is 17.7 Å². The molecule has 0 N–H and O–H groups in total. The monoisotopic (exact) mass is 281 g/mol. The lowest BCUT2D eigenvalue weighted by molar-refractivity contribution is -0.131. The van der Waals surface area contributed by atoms with E-state index >= 15 is 0 Å². The molecule has 1 aromatic carbocycles. The number of hydrogen-bond acceptors (Lipinski definition) is 4. The molecule has 1 heterocycles. The first-order valence-corrected chi connectivity index (χ1v) is 7.39. The number of carbonyl (C=O) groups is 1. The smallest absolute Gasteiger partial charge is 0.233 e. The fraction of sp³-hybridized carbons (Fsp3) is 0.500. The Morgan fingerprint density at radius 1 is 1.37 bits per heavy atom. The summed E-state index contributed by atoms with van der Waals surface area (Å²) in [6.07, 6.45) is 0. The van der Waals surface area contributed by atoms with Crippen LogP contribution in [0.3, 0.4) is 0 Å². The Kier molecular flexibility index (Phi) is 4.58. The lowest BCUT2D eigenvalue weighted by Gasteiger charge is -2.33. The Labute approximate surface area is 118 Å². The van der Waals surface area contributed by atoms with E-state index in [4.69, 9.17) is 9.47 Å². The highest BCUT2D eigenvalue weighted by molar-refractivity contribution is 8.00. The maximum atomic E-state index is 12.0. The third-order valence-electron chi connectivity index (χ3n) is 3.27. The molecule has 1 saturated heterocycles. The van der Waals surface area contributed by atoms with Crippen LogP contribution in [0.5, 0.6) is 11.5 Å². The lowest BCUT2D eigenvalue weighted by Crippen LogP contribution is -2.44. The van der Waals surface area contributed by atoms with E-state index in [1.165, 1.54) is 0 Å². The Balaban J connectivity index is 2.19. The highest BCUT2D eigenvalue weighted by Crippen LogP contribution is 2.28. The van der Waals surface area contributed by atoms with Crippen LogP contribution in [-0.4, -0.2) is 42.6 Å². The fourth-order valence-electron chi connectivity index (χ4n) is 2.15. The van der Waals surface area contributed by atoms with Gasteiger partial charge in [0.1, 0.15) is 11.5 Å². The summed E-state index contributed by atoms with van der Waals surface area (Å²) in [5, 5.41) is 0. The minimum atomic E-state index is 0.196. The minimum absolute atomic E-state index is 0.196. The Hall–Kier alpha value is -1.36. The number of nitrogens with zero attached hydrogens (tertiary/aromatic N) is 1. The van der Waals surface area contributed by atoms with Gasteiger partial charge in [0.15, 0.2) is 0 Å². The molecule has 0 bridgehead atoms. The molecule has 1 aliphatic rings. The number of thioether (sulfide) groups is 1. The third-order valence-corrected chi connectivity index (χ3v) is 4.44. The van der Waals surface area contributed by atoms with Gasteiger partial charge < -0.3 is 14.4 Å². The summed E-state index contributed by atoms with van der Waals surface area (Å²) in [5.74, 6) is 3.28. The molecule has 0 aromatic heterocycles. The van der Waals surface area contributed by atoms with Crippen molar-refractivity contribution in [3.8, 4) is 11.5 Å². The molecule has 19 heavy (non-hydrogen) atoms. The van der Waals surface area contributed by atoms with Gasteiger partial charge in [0.2, 0.25) is 5.91 Å². The van der Waals surface area contributed by atoms with Crippen LogP contribution >= 0.6 is 11.8 Å². The van der Waals surface area contributed by atoms with Crippen LogP contribution in [0.2, 0.25) is 0 Å². The normalized spacial score (nSPS) is 19.4. The molecule has 0 spiro atoms. The summed E-state index contributed by atoms with van der Waals surface area (Å²) >= 11 is 1.70. The van der Waals surface area contributed by atoms with E-state index in [0.29, 0.717) is 12.3 Å². The van der Waals surface area contributed by atoms with E-state index in [9.17, 15) is 4.79 Å². The zero-order valence-corrected chi connectivity index (χ0v) is 12.3. The molecule has 0 radical (unpaired) electrons. The van der Waals surface area contributed by atoms with Crippen molar-refractivity contribution in [2.45, 2.75) is 19.5 Å². The highest BCUT2D eigenvalue weighted by atomic mass is 32.2. The highest BCUT2D eigenvalue weighted by Gasteiger charge is 2.25. The van der Waals surface area contributed by atoms with Gasteiger partial charge in [-0.25, -0.2) is 0 Å². The number of methoxy groups -OCH3 is 2. The van der Waals surface area contributed by atoms with Crippen molar-refractivity contribution < 1.29 is 14.3 Å². The lowest BCUT2D eigenvalue weighted by atomic mass is 10.1. The maximum absolute atomic E-state index is 12.0. The average molecular weight is 281 g/mol. The maximum Gasteiger partial charge on any atom is 0.233 e. The first-order chi connectivity index (χ1) is 9.15. The molecule has 1 atom stereocenters. The Morgan fingerprint density at radius 2 is 2.16 bits per heavy atom. The van der Waals surface area contributed by atoms with E-state index < -0.39 is 0 Å². The van der Waals surface area contributed by atoms with Gasteiger partial charge in [-0.05, 0) is 19.1 Å². The summed E-state index contributed by atoms with van der Waals surface area (Å²) in [7, 11) is 3.26. The molecule has 0 aliphatic carbocycles. The molecule has 1 aromatic rings. The van der Waals surface area contributed by atoms with Gasteiger partial charge in [-0.1, -0.05) is 0 Å². The first-order valence-electron chi connectivity index (χ1n) is 6.23. The summed E-state index contributed by atoms with van der Waals surface area (Å²) < 4.78 is 10.6. The fourth-order valence-corrected chi connectivity index (χ4v) is 3.12. The quantitative estimate of drug-likeness (QED) is 0.848. The molecule has 5 heteroatoms. The van der Waals surface area contributed by atoms with E-state index in [1.54, 1.807) is 26.0 Å². The molecule has 1 aliphatic heterocycles. The van der Waals surface area contributed by atoms with Crippen LogP contribution in [0.15, 0.2) is 18.2 Å². The van der Waals surface area contributed by atoms with E-state index in [1.807, 2.05) is 23.1 Å². The van der Waals surface area contributed by atoms with Crippen LogP contribution in [0.4, 0.5) is 0 Å². The zero-order valence-electron chi connectivity index (χ0n) is 11.5. The molecule has 1 amide bonds. The molecular weight excluding hydrogens is 262 g/mol. The van der Waals surface area contributed by atoms with Gasteiger partial charge in [-0.3, -0.25) is 4.79 Å². The minimum Gasteiger partial charge on any atom is -0.497 e. The van der Waals surface area contributed by atoms with E-state index in [2.05, 4.69) is 6.92 Å². The molecule has 0 saturated carbocycles. The predicted octanol–water partition coefficient (Wildman–Crippen LogP) is 2.17. The second-order valence-electron chi connectivity index (χ2n) is 4.56. The number of carbonyl (C=O) groups excluding carboxylic acids is 1. The number of amides is 1. The topological polar surface area (TPSA) is 38.8 Å². The second kappa shape index (κ2) is 6.19. The molecule has 1 fully saturated rings. The number of benzene rings is 1. The van der Waals surface area contributed by atoms with E-state index in [0.717, 1.165) is 22.8 Å². The van der Waals surface area contributed by atoms with Gasteiger partial charge in [0.05, 0.1) is 20.0 Å². The first kappa shape index (κ1) is 14.1. The third kappa shape index (κ3) is 3.15. The molecule has 2 rings (SSSR count). The SMILES string of the molecule is COc1ccc(CN2C(=O)CSCC2C)c(OC)c1. The molecule has 104 valence electrons. The van der Waals surface area contributed by atoms with Gasteiger partial charge in [-0.15, -0.1) is 11.8 Å². The second-order valence-corrected chi connectivity index (χ2v) is 5.59. The summed E-state index contributed by atoms with van der Waals surface area (Å²) in [6, 6.07) is 5.96.